The third-order valence-corrected chi connectivity index (χ3v) is 5.47. The summed E-state index contributed by atoms with van der Waals surface area (Å²) in [7, 11) is 0. The van der Waals surface area contributed by atoms with Gasteiger partial charge in [0, 0.05) is 28.4 Å². The van der Waals surface area contributed by atoms with Crippen LogP contribution in [0, 0.1) is 0 Å². The van der Waals surface area contributed by atoms with Crippen LogP contribution in [0.4, 0.5) is 4.39 Å². The summed E-state index contributed by atoms with van der Waals surface area (Å²) in [6, 6.07) is 6.02. The van der Waals surface area contributed by atoms with Gasteiger partial charge in [-0.3, -0.25) is 9.78 Å². The normalized spacial score (nSPS) is 24.4. The van der Waals surface area contributed by atoms with Crippen molar-refractivity contribution < 1.29 is 19.4 Å². The number of aliphatic hydroxyl groups is 2. The number of alkyl halides is 1. The number of halogens is 3. The van der Waals surface area contributed by atoms with Crippen LogP contribution in [-0.4, -0.2) is 21.1 Å². The molecule has 0 radical (unpaired) electrons. The van der Waals surface area contributed by atoms with E-state index in [1.165, 1.54) is 30.5 Å². The molecule has 144 valence electrons. The SMILES string of the molecule is C[C@]1(O)CC[C@@](F)(C(=O)NCc2c(Cl)cc(Cl)cc2CO)c2cccnc21. The molecule has 0 saturated carbocycles. The number of carbonyl (C=O) groups is 1. The fourth-order valence-corrected chi connectivity index (χ4v) is 3.97. The van der Waals surface area contributed by atoms with Gasteiger partial charge >= 0.3 is 0 Å². The second-order valence-corrected chi connectivity index (χ2v) is 7.68. The second kappa shape index (κ2) is 7.36. The molecule has 1 heterocycles. The molecule has 0 fully saturated rings. The zero-order valence-corrected chi connectivity index (χ0v) is 16.1. The Balaban J connectivity index is 1.87. The second-order valence-electron chi connectivity index (χ2n) is 6.84. The number of nitrogens with one attached hydrogen (secondary N) is 1. The van der Waals surface area contributed by atoms with Gasteiger partial charge in [-0.2, -0.15) is 0 Å². The van der Waals surface area contributed by atoms with Gasteiger partial charge in [0.25, 0.3) is 5.91 Å². The van der Waals surface area contributed by atoms with Crippen LogP contribution in [0.15, 0.2) is 30.5 Å². The van der Waals surface area contributed by atoms with Crippen molar-refractivity contribution in [3.8, 4) is 0 Å². The minimum atomic E-state index is -2.32. The summed E-state index contributed by atoms with van der Waals surface area (Å²) in [6.45, 7) is 1.17. The molecule has 1 aromatic heterocycles. The van der Waals surface area contributed by atoms with Crippen molar-refractivity contribution in [2.45, 2.75) is 44.2 Å². The Morgan fingerprint density at radius 2 is 2.11 bits per heavy atom. The van der Waals surface area contributed by atoms with Gasteiger partial charge in [-0.25, -0.2) is 4.39 Å². The maximum absolute atomic E-state index is 15.7. The smallest absolute Gasteiger partial charge is 0.262 e. The summed E-state index contributed by atoms with van der Waals surface area (Å²) in [4.78, 5) is 16.8. The number of hydrogen-bond donors (Lipinski definition) is 3. The van der Waals surface area contributed by atoms with E-state index in [0.717, 1.165) is 0 Å². The van der Waals surface area contributed by atoms with Crippen LogP contribution < -0.4 is 5.32 Å². The first-order valence-electron chi connectivity index (χ1n) is 8.42. The van der Waals surface area contributed by atoms with Gasteiger partial charge in [-0.1, -0.05) is 29.3 Å². The number of nitrogens with zero attached hydrogens (tertiary/aromatic N) is 1. The summed E-state index contributed by atoms with van der Waals surface area (Å²) in [5, 5.41) is 23.1. The molecule has 5 nitrogen and oxygen atoms in total. The first-order valence-corrected chi connectivity index (χ1v) is 9.18. The van der Waals surface area contributed by atoms with E-state index < -0.39 is 17.2 Å². The quantitative estimate of drug-likeness (QED) is 0.718. The Hall–Kier alpha value is -1.73. The first kappa shape index (κ1) is 20.0. The molecule has 2 aromatic rings. The van der Waals surface area contributed by atoms with E-state index in [-0.39, 0.29) is 42.3 Å². The molecule has 2 atom stereocenters. The molecule has 1 aromatic carbocycles. The van der Waals surface area contributed by atoms with E-state index in [0.29, 0.717) is 16.1 Å². The molecule has 27 heavy (non-hydrogen) atoms. The summed E-state index contributed by atoms with van der Waals surface area (Å²) in [5.74, 6) is -0.845. The van der Waals surface area contributed by atoms with Crippen molar-refractivity contribution in [3.05, 3.63) is 62.9 Å². The van der Waals surface area contributed by atoms with Crippen LogP contribution in [0.25, 0.3) is 0 Å². The minimum Gasteiger partial charge on any atom is -0.392 e. The highest BCUT2D eigenvalue weighted by Gasteiger charge is 2.50. The van der Waals surface area contributed by atoms with Gasteiger partial charge in [-0.05, 0) is 49.1 Å². The molecule has 1 amide bonds. The Morgan fingerprint density at radius 3 is 2.81 bits per heavy atom. The lowest BCUT2D eigenvalue weighted by molar-refractivity contribution is -0.136. The maximum Gasteiger partial charge on any atom is 0.262 e. The zero-order valence-electron chi connectivity index (χ0n) is 14.6. The lowest BCUT2D eigenvalue weighted by Gasteiger charge is -2.37. The number of benzene rings is 1. The lowest BCUT2D eigenvalue weighted by Crippen LogP contribution is -2.47. The van der Waals surface area contributed by atoms with E-state index >= 15 is 4.39 Å². The predicted octanol–water partition coefficient (Wildman–Crippen LogP) is 3.36. The monoisotopic (exact) mass is 412 g/mol. The number of pyridine rings is 1. The topological polar surface area (TPSA) is 82.5 Å². The number of fused-ring (bicyclic) bond motifs is 1. The number of rotatable bonds is 4. The molecule has 1 aliphatic rings. The molecule has 0 aliphatic heterocycles. The number of carbonyl (C=O) groups excluding carboxylic acids is 1. The highest BCUT2D eigenvalue weighted by molar-refractivity contribution is 6.35. The van der Waals surface area contributed by atoms with Gasteiger partial charge in [0.15, 0.2) is 0 Å². The van der Waals surface area contributed by atoms with Gasteiger partial charge in [-0.15, -0.1) is 0 Å². The number of amides is 1. The zero-order chi connectivity index (χ0) is 19.8. The van der Waals surface area contributed by atoms with Crippen LogP contribution in [0.3, 0.4) is 0 Å². The van der Waals surface area contributed by atoms with Gasteiger partial charge < -0.3 is 15.5 Å². The first-order chi connectivity index (χ1) is 12.7. The number of hydrogen-bond acceptors (Lipinski definition) is 4. The van der Waals surface area contributed by atoms with Crippen LogP contribution in [-0.2, 0) is 29.2 Å². The Kier molecular flexibility index (Phi) is 5.45. The van der Waals surface area contributed by atoms with Crippen molar-refractivity contribution in [1.82, 2.24) is 10.3 Å². The minimum absolute atomic E-state index is 0.0586. The lowest BCUT2D eigenvalue weighted by atomic mass is 9.75. The Bertz CT molecular complexity index is 891. The van der Waals surface area contributed by atoms with Crippen LogP contribution in [0.2, 0.25) is 10.0 Å². The third-order valence-electron chi connectivity index (χ3n) is 4.91. The molecule has 0 saturated heterocycles. The van der Waals surface area contributed by atoms with Gasteiger partial charge in [0.2, 0.25) is 5.67 Å². The third kappa shape index (κ3) is 3.67. The largest absolute Gasteiger partial charge is 0.392 e. The Labute approximate surface area is 166 Å². The molecule has 1 aliphatic carbocycles. The molecule has 3 rings (SSSR count). The van der Waals surface area contributed by atoms with Gasteiger partial charge in [0.05, 0.1) is 12.3 Å². The molecule has 8 heteroatoms. The average Bonchev–Trinajstić information content (AvgIpc) is 2.63. The Morgan fingerprint density at radius 1 is 1.37 bits per heavy atom. The molecular weight excluding hydrogens is 394 g/mol. The average molecular weight is 413 g/mol. The molecule has 0 spiro atoms. The molecular formula is C19H19Cl2FN2O3. The standard InChI is InChI=1S/C19H19Cl2FN2O3/c1-18(27)4-5-19(22,14-3-2-6-23-16(14)18)17(26)24-9-13-11(10-25)7-12(20)8-15(13)21/h2-3,6-8,25,27H,4-5,9-10H2,1H3,(H,24,26)/t18-,19-/m0/s1. The van der Waals surface area contributed by atoms with Gasteiger partial charge in [0.1, 0.15) is 5.60 Å². The van der Waals surface area contributed by atoms with Crippen LogP contribution in [0.1, 0.15) is 42.1 Å². The summed E-state index contributed by atoms with van der Waals surface area (Å²) in [6.07, 6.45) is 1.34. The fourth-order valence-electron chi connectivity index (χ4n) is 3.36. The van der Waals surface area contributed by atoms with Crippen molar-refractivity contribution in [2.24, 2.45) is 0 Å². The van der Waals surface area contributed by atoms with Crippen molar-refractivity contribution >= 4 is 29.1 Å². The van der Waals surface area contributed by atoms with Crippen molar-refractivity contribution in [3.63, 3.8) is 0 Å². The van der Waals surface area contributed by atoms with Crippen LogP contribution >= 0.6 is 23.2 Å². The molecule has 0 unspecified atom stereocenters. The fraction of sp³-hybridized carbons (Fsp3) is 0.368. The van der Waals surface area contributed by atoms with E-state index in [1.807, 2.05) is 0 Å². The maximum atomic E-state index is 15.7. The highest BCUT2D eigenvalue weighted by atomic mass is 35.5. The molecule has 0 bridgehead atoms. The van der Waals surface area contributed by atoms with Crippen molar-refractivity contribution in [1.29, 1.82) is 0 Å². The van der Waals surface area contributed by atoms with E-state index in [1.54, 1.807) is 6.92 Å². The van der Waals surface area contributed by atoms with E-state index in [2.05, 4.69) is 10.3 Å². The number of aliphatic hydroxyl groups excluding tert-OH is 1. The van der Waals surface area contributed by atoms with E-state index in [4.69, 9.17) is 23.2 Å². The molecule has 3 N–H and O–H groups in total. The predicted molar refractivity (Wildman–Crippen MR) is 100 cm³/mol. The highest BCUT2D eigenvalue weighted by Crippen LogP contribution is 2.45. The summed E-state index contributed by atoms with van der Waals surface area (Å²) in [5.41, 5.74) is -2.47. The summed E-state index contributed by atoms with van der Waals surface area (Å²) < 4.78 is 15.7. The summed E-state index contributed by atoms with van der Waals surface area (Å²) >= 11 is 12.1. The van der Waals surface area contributed by atoms with E-state index in [9.17, 15) is 15.0 Å². The van der Waals surface area contributed by atoms with Crippen molar-refractivity contribution in [2.75, 3.05) is 0 Å². The number of aromatic nitrogens is 1. The van der Waals surface area contributed by atoms with Crippen LogP contribution in [0.5, 0.6) is 0 Å².